The van der Waals surface area contributed by atoms with Crippen molar-refractivity contribution in [3.05, 3.63) is 54.1 Å². The average molecular weight is 401 g/mol. The molecule has 0 aliphatic carbocycles. The third-order valence-corrected chi connectivity index (χ3v) is 4.30. The highest BCUT2D eigenvalue weighted by molar-refractivity contribution is 7.51. The van der Waals surface area contributed by atoms with E-state index in [0.717, 1.165) is 33.8 Å². The Labute approximate surface area is 170 Å². The van der Waals surface area contributed by atoms with E-state index in [9.17, 15) is 0 Å². The van der Waals surface area contributed by atoms with Crippen LogP contribution in [0, 0.1) is 0 Å². The molecule has 0 radical (unpaired) electrons. The van der Waals surface area contributed by atoms with E-state index >= 15 is 0 Å². The Bertz CT molecular complexity index is 846. The van der Waals surface area contributed by atoms with Crippen molar-refractivity contribution in [3.63, 3.8) is 0 Å². The highest BCUT2D eigenvalue weighted by Gasteiger charge is 2.20. The standard InChI is InChI=1S/C18H21N4OP.2C2H6/c1-22-18(15-10-6-7-11-16(15)23-24(2)3)17(20-21-22)14-9-5-4-8-13(14)12-19;2*1-2/h4-11H,12,19H2,1-3H3;2*1-2H3. The molecule has 6 heteroatoms. The highest BCUT2D eigenvalue weighted by atomic mass is 31.1. The highest BCUT2D eigenvalue weighted by Crippen LogP contribution is 2.40. The van der Waals surface area contributed by atoms with E-state index < -0.39 is 8.15 Å². The monoisotopic (exact) mass is 400 g/mol. The summed E-state index contributed by atoms with van der Waals surface area (Å²) in [5.41, 5.74) is 10.7. The maximum Gasteiger partial charge on any atom is 0.132 e. The van der Waals surface area contributed by atoms with Gasteiger partial charge in [0, 0.05) is 24.7 Å². The second-order valence-corrected chi connectivity index (χ2v) is 7.48. The van der Waals surface area contributed by atoms with Crippen molar-refractivity contribution in [1.82, 2.24) is 15.0 Å². The van der Waals surface area contributed by atoms with Gasteiger partial charge in [-0.3, -0.25) is 0 Å². The molecule has 28 heavy (non-hydrogen) atoms. The molecule has 0 atom stereocenters. The molecule has 0 aliphatic heterocycles. The first-order valence-corrected chi connectivity index (χ1v) is 11.9. The van der Waals surface area contributed by atoms with E-state index in [0.29, 0.717) is 6.54 Å². The van der Waals surface area contributed by atoms with Gasteiger partial charge in [-0.1, -0.05) is 69.3 Å². The first kappa shape index (κ1) is 23.8. The number of aryl methyl sites for hydroxylation is 1. The van der Waals surface area contributed by atoms with Crippen molar-refractivity contribution in [1.29, 1.82) is 0 Å². The largest absolute Gasteiger partial charge is 0.474 e. The summed E-state index contributed by atoms with van der Waals surface area (Å²) in [7, 11) is 1.38. The van der Waals surface area contributed by atoms with Gasteiger partial charge in [-0.25, -0.2) is 4.68 Å². The van der Waals surface area contributed by atoms with Crippen LogP contribution in [0.4, 0.5) is 0 Å². The third-order valence-electron chi connectivity index (χ3n) is 3.74. The average Bonchev–Trinajstić information content (AvgIpc) is 3.12. The van der Waals surface area contributed by atoms with Crippen LogP contribution < -0.4 is 10.3 Å². The molecule has 152 valence electrons. The minimum Gasteiger partial charge on any atom is -0.474 e. The fourth-order valence-electron chi connectivity index (χ4n) is 2.71. The smallest absolute Gasteiger partial charge is 0.132 e. The normalized spacial score (nSPS) is 9.89. The van der Waals surface area contributed by atoms with Gasteiger partial charge < -0.3 is 10.3 Å². The van der Waals surface area contributed by atoms with E-state index in [1.54, 1.807) is 4.68 Å². The Hall–Kier alpha value is -2.23. The maximum absolute atomic E-state index is 6.04. The first-order chi connectivity index (χ1) is 13.6. The van der Waals surface area contributed by atoms with Gasteiger partial charge in [0.25, 0.3) is 0 Å². The summed E-state index contributed by atoms with van der Waals surface area (Å²) >= 11 is 0. The lowest BCUT2D eigenvalue weighted by Gasteiger charge is -2.15. The number of nitrogens with two attached hydrogens (primary N) is 1. The lowest BCUT2D eigenvalue weighted by atomic mass is 9.99. The Kier molecular flexibility index (Phi) is 10.4. The minimum atomic E-state index is -0.522. The number of rotatable bonds is 5. The quantitative estimate of drug-likeness (QED) is 0.558. The van der Waals surface area contributed by atoms with E-state index in [4.69, 9.17) is 10.3 Å². The van der Waals surface area contributed by atoms with Crippen LogP contribution >= 0.6 is 8.15 Å². The maximum atomic E-state index is 6.04. The molecule has 0 bridgehead atoms. The van der Waals surface area contributed by atoms with Crippen LogP contribution in [0.1, 0.15) is 33.3 Å². The molecule has 0 saturated carbocycles. The molecule has 1 aromatic heterocycles. The number of hydrogen-bond donors (Lipinski definition) is 1. The molecule has 2 N–H and O–H groups in total. The molecular weight excluding hydrogens is 367 g/mol. The number of para-hydroxylation sites is 1. The Morgan fingerprint density at radius 3 is 2.11 bits per heavy atom. The topological polar surface area (TPSA) is 66.0 Å². The summed E-state index contributed by atoms with van der Waals surface area (Å²) in [6.45, 7) is 12.6. The van der Waals surface area contributed by atoms with Crippen molar-refractivity contribution in [3.8, 4) is 28.3 Å². The van der Waals surface area contributed by atoms with Gasteiger partial charge in [0.05, 0.1) is 13.8 Å². The SMILES string of the molecule is CC.CC.Cn1nnc(-c2ccccc2CN)c1-c1ccccc1OP(C)C. The fraction of sp³-hybridized carbons (Fsp3) is 0.364. The van der Waals surface area contributed by atoms with Gasteiger partial charge in [0.1, 0.15) is 11.4 Å². The Balaban J connectivity index is 0.000000921. The van der Waals surface area contributed by atoms with Crippen molar-refractivity contribution in [2.75, 3.05) is 13.3 Å². The molecule has 0 unspecified atom stereocenters. The number of benzene rings is 2. The van der Waals surface area contributed by atoms with Gasteiger partial charge in [0.2, 0.25) is 0 Å². The summed E-state index contributed by atoms with van der Waals surface area (Å²) in [6, 6.07) is 16.0. The molecule has 2 aromatic carbocycles. The van der Waals surface area contributed by atoms with Gasteiger partial charge in [-0.15, -0.1) is 5.10 Å². The van der Waals surface area contributed by atoms with Crippen LogP contribution in [-0.4, -0.2) is 28.3 Å². The van der Waals surface area contributed by atoms with Crippen molar-refractivity contribution < 1.29 is 4.52 Å². The summed E-state index contributed by atoms with van der Waals surface area (Å²) < 4.78 is 7.83. The zero-order chi connectivity index (χ0) is 21.1. The second-order valence-electron chi connectivity index (χ2n) is 5.67. The zero-order valence-electron chi connectivity index (χ0n) is 18.1. The number of aromatic nitrogens is 3. The van der Waals surface area contributed by atoms with Gasteiger partial charge in [0.15, 0.2) is 0 Å². The van der Waals surface area contributed by atoms with Gasteiger partial charge in [-0.2, -0.15) is 0 Å². The van der Waals surface area contributed by atoms with E-state index in [-0.39, 0.29) is 0 Å². The van der Waals surface area contributed by atoms with Crippen molar-refractivity contribution >= 4 is 8.15 Å². The molecule has 0 saturated heterocycles. The molecular formula is C22H33N4OP. The lowest BCUT2D eigenvalue weighted by Crippen LogP contribution is -2.00. The van der Waals surface area contributed by atoms with Gasteiger partial charge in [-0.05, 0) is 31.0 Å². The molecule has 0 aliphatic rings. The molecule has 1 heterocycles. The molecule has 0 spiro atoms. The first-order valence-electron chi connectivity index (χ1n) is 9.74. The van der Waals surface area contributed by atoms with E-state index in [2.05, 4.69) is 23.6 Å². The molecule has 3 rings (SSSR count). The lowest BCUT2D eigenvalue weighted by molar-refractivity contribution is 0.623. The van der Waals surface area contributed by atoms with E-state index in [1.807, 2.05) is 83.3 Å². The second kappa shape index (κ2) is 12.3. The van der Waals surface area contributed by atoms with Crippen LogP contribution in [0.15, 0.2) is 48.5 Å². The number of nitrogens with zero attached hydrogens (tertiary/aromatic N) is 3. The zero-order valence-corrected chi connectivity index (χ0v) is 19.0. The van der Waals surface area contributed by atoms with Crippen LogP contribution in [-0.2, 0) is 13.6 Å². The number of hydrogen-bond acceptors (Lipinski definition) is 4. The van der Waals surface area contributed by atoms with E-state index in [1.165, 1.54) is 0 Å². The predicted molar refractivity (Wildman–Crippen MR) is 122 cm³/mol. The molecule has 5 nitrogen and oxygen atoms in total. The fourth-order valence-corrected chi connectivity index (χ4v) is 3.26. The summed E-state index contributed by atoms with van der Waals surface area (Å²) in [5.74, 6) is 0.852. The van der Waals surface area contributed by atoms with Crippen LogP contribution in [0.5, 0.6) is 5.75 Å². The molecule has 3 aromatic rings. The van der Waals surface area contributed by atoms with Crippen molar-refractivity contribution in [2.45, 2.75) is 34.2 Å². The molecule has 0 amide bonds. The predicted octanol–water partition coefficient (Wildman–Crippen LogP) is 5.70. The van der Waals surface area contributed by atoms with Gasteiger partial charge >= 0.3 is 0 Å². The third kappa shape index (κ3) is 5.63. The summed E-state index contributed by atoms with van der Waals surface area (Å²) in [4.78, 5) is 0. The molecule has 0 fully saturated rings. The Morgan fingerprint density at radius 1 is 0.929 bits per heavy atom. The summed E-state index contributed by atoms with van der Waals surface area (Å²) in [6.07, 6.45) is 0. The van der Waals surface area contributed by atoms with Crippen LogP contribution in [0.2, 0.25) is 0 Å². The van der Waals surface area contributed by atoms with Crippen LogP contribution in [0.25, 0.3) is 22.5 Å². The Morgan fingerprint density at radius 2 is 1.50 bits per heavy atom. The summed E-state index contributed by atoms with van der Waals surface area (Å²) in [5, 5.41) is 8.64. The van der Waals surface area contributed by atoms with Crippen molar-refractivity contribution in [2.24, 2.45) is 12.8 Å². The van der Waals surface area contributed by atoms with Crippen LogP contribution in [0.3, 0.4) is 0 Å². The minimum absolute atomic E-state index is 0.458.